The minimum atomic E-state index is -0.0569. The Morgan fingerprint density at radius 2 is 1.49 bits per heavy atom. The molecule has 1 saturated heterocycles. The van der Waals surface area contributed by atoms with E-state index in [0.29, 0.717) is 17.3 Å². The van der Waals surface area contributed by atoms with Crippen LogP contribution in [0.4, 0.5) is 0 Å². The van der Waals surface area contributed by atoms with Gasteiger partial charge in [0.2, 0.25) is 11.8 Å². The third-order valence-corrected chi connectivity index (χ3v) is 6.61. The largest absolute Gasteiger partial charge is 0.416 e. The summed E-state index contributed by atoms with van der Waals surface area (Å²) in [5.74, 6) is 0.850. The lowest BCUT2D eigenvalue weighted by molar-refractivity contribution is 0.0909. The van der Waals surface area contributed by atoms with Crippen molar-refractivity contribution in [1.82, 2.24) is 20.4 Å². The lowest BCUT2D eigenvalue weighted by atomic mass is 10.0. The fraction of sp³-hybridized carbons (Fsp3) is 0.250. The molecule has 4 aromatic rings. The average Bonchev–Trinajstić information content (AvgIpc) is 3.37. The van der Waals surface area contributed by atoms with Gasteiger partial charge in [0, 0.05) is 47.4 Å². The first-order chi connectivity index (χ1) is 17.0. The molecule has 0 saturated carbocycles. The lowest BCUT2D eigenvalue weighted by Crippen LogP contribution is -2.44. The van der Waals surface area contributed by atoms with Gasteiger partial charge in [-0.2, -0.15) is 0 Å². The Morgan fingerprint density at radius 3 is 2.09 bits per heavy atom. The minimum Gasteiger partial charge on any atom is -0.416 e. The number of nitrogens with one attached hydrogen (secondary N) is 1. The summed E-state index contributed by atoms with van der Waals surface area (Å²) in [5, 5.41) is 12.3. The SMILES string of the molecule is Cc1ccc(-c2nnc(-c3ccc(C(=O)NC4CCN(Cc5ccc(Cl)cc5)CC4)cc3)o2)cc1. The maximum atomic E-state index is 12.8. The van der Waals surface area contributed by atoms with Gasteiger partial charge in [0.1, 0.15) is 0 Å². The van der Waals surface area contributed by atoms with Gasteiger partial charge >= 0.3 is 0 Å². The molecule has 1 N–H and O–H groups in total. The van der Waals surface area contributed by atoms with E-state index in [1.165, 1.54) is 11.1 Å². The summed E-state index contributed by atoms with van der Waals surface area (Å²) in [6, 6.07) is 23.4. The first kappa shape index (κ1) is 23.3. The molecule has 5 rings (SSSR count). The van der Waals surface area contributed by atoms with E-state index < -0.39 is 0 Å². The van der Waals surface area contributed by atoms with E-state index in [2.05, 4.69) is 32.5 Å². The molecule has 1 aromatic heterocycles. The van der Waals surface area contributed by atoms with Crippen molar-refractivity contribution in [1.29, 1.82) is 0 Å². The van der Waals surface area contributed by atoms with Gasteiger partial charge in [0.25, 0.3) is 5.91 Å². The second-order valence-corrected chi connectivity index (χ2v) is 9.44. The predicted molar refractivity (Wildman–Crippen MR) is 137 cm³/mol. The molecule has 0 bridgehead atoms. The summed E-state index contributed by atoms with van der Waals surface area (Å²) in [6.45, 7) is 4.84. The predicted octanol–water partition coefficient (Wildman–Crippen LogP) is 5.76. The van der Waals surface area contributed by atoms with Crippen LogP contribution in [-0.4, -0.2) is 40.1 Å². The lowest BCUT2D eigenvalue weighted by Gasteiger charge is -2.32. The second kappa shape index (κ2) is 10.4. The number of likely N-dealkylation sites (tertiary alicyclic amines) is 1. The van der Waals surface area contributed by atoms with Gasteiger partial charge in [-0.3, -0.25) is 9.69 Å². The Hall–Kier alpha value is -3.48. The van der Waals surface area contributed by atoms with Gasteiger partial charge in [-0.05, 0) is 73.9 Å². The number of hydrogen-bond acceptors (Lipinski definition) is 5. The van der Waals surface area contributed by atoms with Crippen LogP contribution in [0.25, 0.3) is 22.9 Å². The summed E-state index contributed by atoms with van der Waals surface area (Å²) in [4.78, 5) is 15.2. The molecule has 1 aliphatic heterocycles. The molecular formula is C28H27ClN4O2. The van der Waals surface area contributed by atoms with Gasteiger partial charge in [0.15, 0.2) is 0 Å². The number of halogens is 1. The number of nitrogens with zero attached hydrogens (tertiary/aromatic N) is 3. The molecule has 0 atom stereocenters. The third kappa shape index (κ3) is 5.78. The topological polar surface area (TPSA) is 71.3 Å². The highest BCUT2D eigenvalue weighted by molar-refractivity contribution is 6.30. The first-order valence-corrected chi connectivity index (χ1v) is 12.2. The van der Waals surface area contributed by atoms with Crippen molar-refractivity contribution in [3.05, 3.63) is 94.5 Å². The highest BCUT2D eigenvalue weighted by Gasteiger charge is 2.21. The van der Waals surface area contributed by atoms with Crippen molar-refractivity contribution in [2.75, 3.05) is 13.1 Å². The third-order valence-electron chi connectivity index (χ3n) is 6.36. The van der Waals surface area contributed by atoms with Crippen LogP contribution in [0.1, 0.15) is 34.3 Å². The van der Waals surface area contributed by atoms with Gasteiger partial charge in [-0.25, -0.2) is 0 Å². The molecule has 0 radical (unpaired) electrons. The molecular weight excluding hydrogens is 460 g/mol. The fourth-order valence-electron chi connectivity index (χ4n) is 4.27. The standard InChI is InChI=1S/C28H27ClN4O2/c1-19-2-6-22(7-3-19)27-31-32-28(35-27)23-10-8-21(9-11-23)26(34)30-25-14-16-33(17-15-25)18-20-4-12-24(29)13-5-20/h2-13,25H,14-18H2,1H3,(H,30,34). The zero-order valence-electron chi connectivity index (χ0n) is 19.6. The molecule has 3 aromatic carbocycles. The number of rotatable bonds is 6. The van der Waals surface area contributed by atoms with E-state index in [1.807, 2.05) is 55.5 Å². The summed E-state index contributed by atoms with van der Waals surface area (Å²) < 4.78 is 5.84. The van der Waals surface area contributed by atoms with Gasteiger partial charge in [-0.1, -0.05) is 41.4 Å². The van der Waals surface area contributed by atoms with Crippen LogP contribution >= 0.6 is 11.6 Å². The van der Waals surface area contributed by atoms with Crippen LogP contribution in [0, 0.1) is 6.92 Å². The number of aromatic nitrogens is 2. The van der Waals surface area contributed by atoms with E-state index in [4.69, 9.17) is 16.0 Å². The number of aryl methyl sites for hydroxylation is 1. The molecule has 2 heterocycles. The van der Waals surface area contributed by atoms with Crippen LogP contribution in [0.5, 0.6) is 0 Å². The van der Waals surface area contributed by atoms with Crippen LogP contribution in [0.3, 0.4) is 0 Å². The molecule has 0 aliphatic carbocycles. The summed E-state index contributed by atoms with van der Waals surface area (Å²) in [5.41, 5.74) is 4.71. The van der Waals surface area contributed by atoms with Gasteiger partial charge < -0.3 is 9.73 Å². The van der Waals surface area contributed by atoms with Crippen molar-refractivity contribution in [3.63, 3.8) is 0 Å². The Labute approximate surface area is 209 Å². The van der Waals surface area contributed by atoms with E-state index in [9.17, 15) is 4.79 Å². The zero-order valence-corrected chi connectivity index (χ0v) is 20.3. The Bertz CT molecular complexity index is 1280. The van der Waals surface area contributed by atoms with Crippen molar-refractivity contribution in [2.24, 2.45) is 0 Å². The Kier molecular flexibility index (Phi) is 6.93. The smallest absolute Gasteiger partial charge is 0.251 e. The van der Waals surface area contributed by atoms with Crippen molar-refractivity contribution in [3.8, 4) is 22.9 Å². The number of hydrogen-bond donors (Lipinski definition) is 1. The molecule has 1 aliphatic rings. The van der Waals surface area contributed by atoms with Crippen LogP contribution < -0.4 is 5.32 Å². The van der Waals surface area contributed by atoms with Crippen molar-refractivity contribution < 1.29 is 9.21 Å². The number of amides is 1. The van der Waals surface area contributed by atoms with Crippen LogP contribution in [0.2, 0.25) is 5.02 Å². The Morgan fingerprint density at radius 1 is 0.914 bits per heavy atom. The zero-order chi connectivity index (χ0) is 24.2. The maximum absolute atomic E-state index is 12.8. The van der Waals surface area contributed by atoms with Crippen LogP contribution in [0.15, 0.2) is 77.2 Å². The summed E-state index contributed by atoms with van der Waals surface area (Å²) >= 11 is 5.98. The van der Waals surface area contributed by atoms with Crippen molar-refractivity contribution >= 4 is 17.5 Å². The second-order valence-electron chi connectivity index (χ2n) is 9.01. The molecule has 0 unspecified atom stereocenters. The highest BCUT2D eigenvalue weighted by Crippen LogP contribution is 2.24. The molecule has 1 amide bonds. The van der Waals surface area contributed by atoms with E-state index in [0.717, 1.165) is 48.6 Å². The quantitative estimate of drug-likeness (QED) is 0.375. The van der Waals surface area contributed by atoms with E-state index in [1.54, 1.807) is 12.1 Å². The number of piperidine rings is 1. The number of carbonyl (C=O) groups excluding carboxylic acids is 1. The van der Waals surface area contributed by atoms with E-state index >= 15 is 0 Å². The van der Waals surface area contributed by atoms with Gasteiger partial charge in [-0.15, -0.1) is 10.2 Å². The van der Waals surface area contributed by atoms with E-state index in [-0.39, 0.29) is 11.9 Å². The highest BCUT2D eigenvalue weighted by atomic mass is 35.5. The summed E-state index contributed by atoms with van der Waals surface area (Å²) in [6.07, 6.45) is 1.86. The molecule has 35 heavy (non-hydrogen) atoms. The molecule has 178 valence electrons. The summed E-state index contributed by atoms with van der Waals surface area (Å²) in [7, 11) is 0. The maximum Gasteiger partial charge on any atom is 0.251 e. The molecule has 7 heteroatoms. The van der Waals surface area contributed by atoms with Crippen LogP contribution in [-0.2, 0) is 6.54 Å². The normalized spacial score (nSPS) is 14.7. The number of benzene rings is 3. The molecule has 0 spiro atoms. The molecule has 1 fully saturated rings. The first-order valence-electron chi connectivity index (χ1n) is 11.8. The minimum absolute atomic E-state index is 0.0569. The monoisotopic (exact) mass is 486 g/mol. The fourth-order valence-corrected chi connectivity index (χ4v) is 4.40. The van der Waals surface area contributed by atoms with Gasteiger partial charge in [0.05, 0.1) is 0 Å². The average molecular weight is 487 g/mol. The molecule has 6 nitrogen and oxygen atoms in total. The number of carbonyl (C=O) groups is 1. The van der Waals surface area contributed by atoms with Crippen molar-refractivity contribution in [2.45, 2.75) is 32.4 Å². The Balaban J connectivity index is 1.14.